The summed E-state index contributed by atoms with van der Waals surface area (Å²) in [5.74, 6) is -1.22. The van der Waals surface area contributed by atoms with Crippen molar-refractivity contribution in [1.82, 2.24) is 9.88 Å². The van der Waals surface area contributed by atoms with Crippen LogP contribution in [-0.2, 0) is 11.3 Å². The van der Waals surface area contributed by atoms with Crippen molar-refractivity contribution in [3.05, 3.63) is 81.8 Å². The molecule has 32 heavy (non-hydrogen) atoms. The van der Waals surface area contributed by atoms with Crippen LogP contribution in [0.1, 0.15) is 33.9 Å². The zero-order valence-corrected chi connectivity index (χ0v) is 18.4. The summed E-state index contributed by atoms with van der Waals surface area (Å²) in [5, 5.41) is 2.84. The van der Waals surface area contributed by atoms with E-state index in [1.165, 1.54) is 47.7 Å². The van der Waals surface area contributed by atoms with Crippen LogP contribution in [0.5, 0.6) is 0 Å². The number of benzene rings is 2. The third-order valence-corrected chi connectivity index (χ3v) is 6.44. The van der Waals surface area contributed by atoms with E-state index in [0.717, 1.165) is 10.7 Å². The third-order valence-electron chi connectivity index (χ3n) is 5.61. The predicted octanol–water partition coefficient (Wildman–Crippen LogP) is 4.82. The van der Waals surface area contributed by atoms with Gasteiger partial charge in [0.25, 0.3) is 5.91 Å². The lowest BCUT2D eigenvalue weighted by atomic mass is 9.94. The molecule has 8 heteroatoms. The molecule has 0 atom stereocenters. The quantitative estimate of drug-likeness (QED) is 0.555. The van der Waals surface area contributed by atoms with Crippen LogP contribution in [0.3, 0.4) is 0 Å². The van der Waals surface area contributed by atoms with Crippen molar-refractivity contribution in [2.24, 2.45) is 5.92 Å². The second-order valence-electron chi connectivity index (χ2n) is 7.83. The van der Waals surface area contributed by atoms with Gasteiger partial charge in [-0.2, -0.15) is 0 Å². The average molecular weight is 456 g/mol. The zero-order chi connectivity index (χ0) is 22.7. The molecule has 0 unspecified atom stereocenters. The first kappa shape index (κ1) is 22.1. The zero-order valence-electron chi connectivity index (χ0n) is 17.6. The number of likely N-dealkylation sites (tertiary alicyclic amines) is 1. The SMILES string of the molecule is Cc1nc(CN(C(=O)C2CCN(C(=O)c3ccc(F)cc3)CC2)c2ccc(F)cc2)cs1. The van der Waals surface area contributed by atoms with Crippen LogP contribution in [0.4, 0.5) is 14.5 Å². The Hall–Kier alpha value is -3.13. The van der Waals surface area contributed by atoms with Gasteiger partial charge in [0.05, 0.1) is 17.2 Å². The highest BCUT2D eigenvalue weighted by atomic mass is 32.1. The number of aryl methyl sites for hydroxylation is 1. The number of rotatable bonds is 5. The van der Waals surface area contributed by atoms with E-state index in [1.54, 1.807) is 21.9 Å². The van der Waals surface area contributed by atoms with E-state index < -0.39 is 0 Å². The fourth-order valence-corrected chi connectivity index (χ4v) is 4.49. The van der Waals surface area contributed by atoms with Gasteiger partial charge < -0.3 is 9.80 Å². The molecule has 1 aromatic heterocycles. The first-order valence-corrected chi connectivity index (χ1v) is 11.3. The normalized spacial score (nSPS) is 14.4. The van der Waals surface area contributed by atoms with Crippen LogP contribution in [0.15, 0.2) is 53.9 Å². The molecular formula is C24H23F2N3O2S. The number of halogens is 2. The Bertz CT molecular complexity index is 1090. The van der Waals surface area contributed by atoms with E-state index >= 15 is 0 Å². The predicted molar refractivity (Wildman–Crippen MR) is 119 cm³/mol. The van der Waals surface area contributed by atoms with Crippen molar-refractivity contribution < 1.29 is 18.4 Å². The van der Waals surface area contributed by atoms with E-state index in [9.17, 15) is 18.4 Å². The minimum absolute atomic E-state index is 0.0591. The average Bonchev–Trinajstić information content (AvgIpc) is 3.22. The molecule has 2 amide bonds. The van der Waals surface area contributed by atoms with Gasteiger partial charge >= 0.3 is 0 Å². The minimum Gasteiger partial charge on any atom is -0.339 e. The van der Waals surface area contributed by atoms with Crippen LogP contribution in [0.2, 0.25) is 0 Å². The fourth-order valence-electron chi connectivity index (χ4n) is 3.89. The van der Waals surface area contributed by atoms with Crippen molar-refractivity contribution >= 4 is 28.8 Å². The third kappa shape index (κ3) is 5.02. The molecule has 1 saturated heterocycles. The maximum atomic E-state index is 13.4. The number of aromatic nitrogens is 1. The van der Waals surface area contributed by atoms with Gasteiger partial charge in [-0.15, -0.1) is 11.3 Å². The number of piperidine rings is 1. The minimum atomic E-state index is -0.387. The number of amides is 2. The molecule has 0 bridgehead atoms. The van der Waals surface area contributed by atoms with Gasteiger partial charge in [0.2, 0.25) is 5.91 Å². The largest absolute Gasteiger partial charge is 0.339 e. The highest BCUT2D eigenvalue weighted by Crippen LogP contribution is 2.26. The maximum absolute atomic E-state index is 13.4. The fraction of sp³-hybridized carbons (Fsp3) is 0.292. The number of thiazole rings is 1. The Labute approximate surface area is 189 Å². The van der Waals surface area contributed by atoms with E-state index in [0.29, 0.717) is 43.7 Å². The van der Waals surface area contributed by atoms with E-state index in [2.05, 4.69) is 4.98 Å². The first-order chi connectivity index (χ1) is 15.4. The molecule has 2 aromatic carbocycles. The van der Waals surface area contributed by atoms with Crippen molar-refractivity contribution in [2.45, 2.75) is 26.3 Å². The summed E-state index contributed by atoms with van der Waals surface area (Å²) in [6.45, 7) is 3.11. The molecule has 0 spiro atoms. The number of carbonyl (C=O) groups excluding carboxylic acids is 2. The lowest BCUT2D eigenvalue weighted by Gasteiger charge is -2.34. The van der Waals surface area contributed by atoms with Gasteiger partial charge in [0, 0.05) is 35.6 Å². The molecule has 4 rings (SSSR count). The molecule has 0 aliphatic carbocycles. The van der Waals surface area contributed by atoms with Gasteiger partial charge in [-0.1, -0.05) is 0 Å². The molecule has 0 N–H and O–H groups in total. The van der Waals surface area contributed by atoms with Crippen molar-refractivity contribution in [1.29, 1.82) is 0 Å². The molecule has 0 saturated carbocycles. The molecule has 3 aromatic rings. The number of anilines is 1. The lowest BCUT2D eigenvalue weighted by molar-refractivity contribution is -0.123. The van der Waals surface area contributed by atoms with Crippen LogP contribution in [0.25, 0.3) is 0 Å². The van der Waals surface area contributed by atoms with Crippen LogP contribution >= 0.6 is 11.3 Å². The van der Waals surface area contributed by atoms with Crippen LogP contribution in [0, 0.1) is 24.5 Å². The lowest BCUT2D eigenvalue weighted by Crippen LogP contribution is -2.44. The first-order valence-electron chi connectivity index (χ1n) is 10.4. The van der Waals surface area contributed by atoms with Gasteiger partial charge in [-0.05, 0) is 68.3 Å². The topological polar surface area (TPSA) is 53.5 Å². The highest BCUT2D eigenvalue weighted by Gasteiger charge is 2.31. The van der Waals surface area contributed by atoms with Crippen molar-refractivity contribution in [2.75, 3.05) is 18.0 Å². The van der Waals surface area contributed by atoms with Gasteiger partial charge in [-0.3, -0.25) is 9.59 Å². The smallest absolute Gasteiger partial charge is 0.253 e. The van der Waals surface area contributed by atoms with E-state index in [-0.39, 0.29) is 29.4 Å². The number of carbonyl (C=O) groups is 2. The van der Waals surface area contributed by atoms with E-state index in [1.807, 2.05) is 12.3 Å². The Kier molecular flexibility index (Phi) is 6.60. The monoisotopic (exact) mass is 455 g/mol. The summed E-state index contributed by atoms with van der Waals surface area (Å²) < 4.78 is 26.6. The number of nitrogens with zero attached hydrogens (tertiary/aromatic N) is 3. The Balaban J connectivity index is 1.46. The molecule has 2 heterocycles. The summed E-state index contributed by atoms with van der Waals surface area (Å²) in [4.78, 5) is 33.9. The summed E-state index contributed by atoms with van der Waals surface area (Å²) >= 11 is 1.52. The molecular weight excluding hydrogens is 432 g/mol. The Morgan fingerprint density at radius 3 is 2.19 bits per heavy atom. The molecule has 0 radical (unpaired) electrons. The summed E-state index contributed by atoms with van der Waals surface area (Å²) in [7, 11) is 0. The second-order valence-corrected chi connectivity index (χ2v) is 8.89. The molecule has 166 valence electrons. The highest BCUT2D eigenvalue weighted by molar-refractivity contribution is 7.09. The molecule has 1 aliphatic heterocycles. The van der Waals surface area contributed by atoms with Gasteiger partial charge in [-0.25, -0.2) is 13.8 Å². The Morgan fingerprint density at radius 2 is 1.62 bits per heavy atom. The number of hydrogen-bond donors (Lipinski definition) is 0. The number of hydrogen-bond acceptors (Lipinski definition) is 4. The summed E-state index contributed by atoms with van der Waals surface area (Å²) in [5.41, 5.74) is 1.84. The van der Waals surface area contributed by atoms with Crippen molar-refractivity contribution in [3.8, 4) is 0 Å². The Morgan fingerprint density at radius 1 is 1.03 bits per heavy atom. The van der Waals surface area contributed by atoms with Gasteiger partial charge in [0.15, 0.2) is 0 Å². The maximum Gasteiger partial charge on any atom is 0.253 e. The van der Waals surface area contributed by atoms with E-state index in [4.69, 9.17) is 0 Å². The van der Waals surface area contributed by atoms with Crippen LogP contribution < -0.4 is 4.90 Å². The summed E-state index contributed by atoms with van der Waals surface area (Å²) in [6.07, 6.45) is 1.05. The molecule has 1 fully saturated rings. The van der Waals surface area contributed by atoms with Crippen LogP contribution in [-0.4, -0.2) is 34.8 Å². The summed E-state index contributed by atoms with van der Waals surface area (Å²) in [6, 6.07) is 11.4. The van der Waals surface area contributed by atoms with Gasteiger partial charge in [0.1, 0.15) is 11.6 Å². The molecule has 5 nitrogen and oxygen atoms in total. The van der Waals surface area contributed by atoms with Crippen molar-refractivity contribution in [3.63, 3.8) is 0 Å². The second kappa shape index (κ2) is 9.56. The molecule has 1 aliphatic rings. The standard InChI is InChI=1S/C24H23F2N3O2S/c1-16-27-21(15-32-16)14-29(22-8-6-20(26)7-9-22)24(31)18-10-12-28(13-11-18)23(30)17-2-4-19(25)5-3-17/h2-9,15,18H,10-14H2,1H3.